The summed E-state index contributed by atoms with van der Waals surface area (Å²) in [4.78, 5) is 27.7. The number of anilines is 2. The lowest BCUT2D eigenvalue weighted by molar-refractivity contribution is 0.0509. The van der Waals surface area contributed by atoms with E-state index in [0.29, 0.717) is 17.4 Å². The van der Waals surface area contributed by atoms with E-state index in [4.69, 9.17) is 39.5 Å². The van der Waals surface area contributed by atoms with E-state index in [1.807, 2.05) is 19.1 Å². The highest BCUT2D eigenvalue weighted by atomic mass is 35.5. The molecule has 3 heterocycles. The zero-order chi connectivity index (χ0) is 26.8. The zero-order valence-corrected chi connectivity index (χ0v) is 22.6. The molecule has 13 heteroatoms. The van der Waals surface area contributed by atoms with Crippen molar-refractivity contribution in [2.75, 3.05) is 18.5 Å². The van der Waals surface area contributed by atoms with Crippen LogP contribution in [0.1, 0.15) is 65.8 Å². The van der Waals surface area contributed by atoms with Crippen LogP contribution in [-0.2, 0) is 9.47 Å². The van der Waals surface area contributed by atoms with Crippen molar-refractivity contribution in [1.29, 1.82) is 0 Å². The van der Waals surface area contributed by atoms with Crippen molar-refractivity contribution in [2.24, 2.45) is 0 Å². The summed E-state index contributed by atoms with van der Waals surface area (Å²) in [5, 5.41) is 18.0. The number of carbonyl (C=O) groups is 2. The first-order valence-electron chi connectivity index (χ1n) is 10.9. The first-order chi connectivity index (χ1) is 17.1. The van der Waals surface area contributed by atoms with Gasteiger partial charge in [-0.15, -0.1) is 20.4 Å². The third-order valence-corrected chi connectivity index (χ3v) is 5.02. The standard InChI is InChI=1S/C16H19ClN4O2.C7H6Cl2N2O2/c1-5-23-16(22)15-11(8-12(17)20-21-15)18-13-7-6-10(4)14(19-13)9(2)3;1-2-13-7(12)6-4(8)3-5(9)10-11-6/h6-9H,5H2,1-4H3,(H,18,19,20);3H,2H2,1H3. The number of pyridine rings is 1. The number of carbonyl (C=O) groups excluding carboxylic acids is 2. The number of hydrogen-bond acceptors (Lipinski definition) is 10. The van der Waals surface area contributed by atoms with Gasteiger partial charge in [-0.2, -0.15) is 0 Å². The lowest BCUT2D eigenvalue weighted by atomic mass is 10.1. The van der Waals surface area contributed by atoms with Gasteiger partial charge in [0.2, 0.25) is 0 Å². The molecular formula is C23H25Cl3N6O4. The number of halogens is 3. The highest BCUT2D eigenvalue weighted by molar-refractivity contribution is 6.35. The molecule has 0 radical (unpaired) electrons. The number of hydrogen-bond donors (Lipinski definition) is 1. The third kappa shape index (κ3) is 8.25. The molecular weight excluding hydrogens is 531 g/mol. The van der Waals surface area contributed by atoms with E-state index in [-0.39, 0.29) is 39.9 Å². The Bertz CT molecular complexity index is 1230. The van der Waals surface area contributed by atoms with Gasteiger partial charge in [0.05, 0.1) is 23.9 Å². The van der Waals surface area contributed by atoms with Gasteiger partial charge in [-0.25, -0.2) is 14.6 Å². The monoisotopic (exact) mass is 554 g/mol. The molecule has 36 heavy (non-hydrogen) atoms. The molecule has 0 fully saturated rings. The summed E-state index contributed by atoms with van der Waals surface area (Å²) in [5.74, 6) is -0.263. The summed E-state index contributed by atoms with van der Waals surface area (Å²) in [6.45, 7) is 10.1. The Morgan fingerprint density at radius 2 is 1.44 bits per heavy atom. The van der Waals surface area contributed by atoms with Gasteiger partial charge in [-0.05, 0) is 44.4 Å². The van der Waals surface area contributed by atoms with Gasteiger partial charge >= 0.3 is 11.9 Å². The van der Waals surface area contributed by atoms with Gasteiger partial charge < -0.3 is 14.8 Å². The predicted molar refractivity (Wildman–Crippen MR) is 137 cm³/mol. The van der Waals surface area contributed by atoms with Crippen LogP contribution < -0.4 is 5.32 Å². The van der Waals surface area contributed by atoms with Crippen molar-refractivity contribution in [1.82, 2.24) is 25.4 Å². The summed E-state index contributed by atoms with van der Waals surface area (Å²) >= 11 is 17.0. The Hall–Kier alpha value is -3.08. The number of nitrogens with one attached hydrogen (secondary N) is 1. The molecule has 1 N–H and O–H groups in total. The molecule has 0 amide bonds. The van der Waals surface area contributed by atoms with Crippen LogP contribution in [0.5, 0.6) is 0 Å². The van der Waals surface area contributed by atoms with Crippen molar-refractivity contribution in [3.05, 3.63) is 62.2 Å². The molecule has 10 nitrogen and oxygen atoms in total. The van der Waals surface area contributed by atoms with Crippen molar-refractivity contribution < 1.29 is 19.1 Å². The van der Waals surface area contributed by atoms with E-state index in [1.54, 1.807) is 13.8 Å². The Labute approximate surface area is 223 Å². The van der Waals surface area contributed by atoms with Crippen molar-refractivity contribution in [2.45, 2.75) is 40.5 Å². The van der Waals surface area contributed by atoms with E-state index in [2.05, 4.69) is 49.3 Å². The van der Waals surface area contributed by atoms with Crippen LogP contribution in [-0.4, -0.2) is 50.5 Å². The van der Waals surface area contributed by atoms with Crippen LogP contribution in [0.25, 0.3) is 0 Å². The van der Waals surface area contributed by atoms with Crippen LogP contribution in [0.15, 0.2) is 24.3 Å². The molecule has 0 aliphatic rings. The lowest BCUT2D eigenvalue weighted by Crippen LogP contribution is -2.12. The van der Waals surface area contributed by atoms with E-state index < -0.39 is 11.9 Å². The van der Waals surface area contributed by atoms with Crippen LogP contribution in [0.2, 0.25) is 15.3 Å². The molecule has 0 atom stereocenters. The second-order valence-corrected chi connectivity index (χ2v) is 8.59. The molecule has 0 bridgehead atoms. The van der Waals surface area contributed by atoms with Crippen LogP contribution in [0.3, 0.4) is 0 Å². The summed E-state index contributed by atoms with van der Waals surface area (Å²) in [6.07, 6.45) is 0. The minimum absolute atomic E-state index is 0.0204. The van der Waals surface area contributed by atoms with Crippen molar-refractivity contribution >= 4 is 58.2 Å². The van der Waals surface area contributed by atoms with Gasteiger partial charge in [0, 0.05) is 11.8 Å². The minimum atomic E-state index is -0.600. The normalized spacial score (nSPS) is 10.4. The number of nitrogens with zero attached hydrogens (tertiary/aromatic N) is 5. The first kappa shape index (κ1) is 29.2. The van der Waals surface area contributed by atoms with Gasteiger partial charge in [0.15, 0.2) is 21.7 Å². The second kappa shape index (κ2) is 13.9. The van der Waals surface area contributed by atoms with Gasteiger partial charge in [-0.1, -0.05) is 54.7 Å². The van der Waals surface area contributed by atoms with Crippen LogP contribution in [0, 0.1) is 6.92 Å². The largest absolute Gasteiger partial charge is 0.461 e. The molecule has 0 aliphatic heterocycles. The quantitative estimate of drug-likeness (QED) is 0.355. The molecule has 3 aromatic heterocycles. The molecule has 0 aliphatic carbocycles. The fourth-order valence-corrected chi connectivity index (χ4v) is 3.40. The van der Waals surface area contributed by atoms with E-state index in [0.717, 1.165) is 11.3 Å². The molecule has 0 aromatic carbocycles. The summed E-state index contributed by atoms with van der Waals surface area (Å²) in [7, 11) is 0. The number of rotatable bonds is 7. The lowest BCUT2D eigenvalue weighted by Gasteiger charge is -2.13. The van der Waals surface area contributed by atoms with E-state index in [1.165, 1.54) is 12.1 Å². The fourth-order valence-electron chi connectivity index (χ4n) is 2.84. The van der Waals surface area contributed by atoms with Crippen molar-refractivity contribution in [3.8, 4) is 0 Å². The third-order valence-electron chi connectivity index (χ3n) is 4.36. The van der Waals surface area contributed by atoms with Crippen LogP contribution in [0.4, 0.5) is 11.5 Å². The molecule has 0 unspecified atom stereocenters. The summed E-state index contributed by atoms with van der Waals surface area (Å²) < 4.78 is 9.66. The predicted octanol–water partition coefficient (Wildman–Crippen LogP) is 5.84. The summed E-state index contributed by atoms with van der Waals surface area (Å²) in [5.41, 5.74) is 2.56. The van der Waals surface area contributed by atoms with Gasteiger partial charge in [0.1, 0.15) is 5.82 Å². The highest BCUT2D eigenvalue weighted by Gasteiger charge is 2.17. The van der Waals surface area contributed by atoms with Gasteiger partial charge in [0.25, 0.3) is 0 Å². The number of aromatic nitrogens is 5. The van der Waals surface area contributed by atoms with Crippen molar-refractivity contribution in [3.63, 3.8) is 0 Å². The fraction of sp³-hybridized carbons (Fsp3) is 0.348. The molecule has 3 aromatic rings. The Kier molecular flexibility index (Phi) is 11.2. The molecule has 0 spiro atoms. The van der Waals surface area contributed by atoms with Crippen LogP contribution >= 0.6 is 34.8 Å². The Morgan fingerprint density at radius 1 is 0.889 bits per heavy atom. The number of aryl methyl sites for hydroxylation is 1. The number of ether oxygens (including phenoxy) is 2. The number of esters is 2. The maximum atomic E-state index is 12.0. The Morgan fingerprint density at radius 3 is 2.00 bits per heavy atom. The zero-order valence-electron chi connectivity index (χ0n) is 20.3. The van der Waals surface area contributed by atoms with E-state index >= 15 is 0 Å². The average molecular weight is 556 g/mol. The maximum Gasteiger partial charge on any atom is 0.361 e. The minimum Gasteiger partial charge on any atom is -0.461 e. The van der Waals surface area contributed by atoms with E-state index in [9.17, 15) is 9.59 Å². The molecule has 3 rings (SSSR count). The topological polar surface area (TPSA) is 129 Å². The summed E-state index contributed by atoms with van der Waals surface area (Å²) in [6, 6.07) is 6.68. The smallest absolute Gasteiger partial charge is 0.361 e. The average Bonchev–Trinajstić information content (AvgIpc) is 2.81. The SMILES string of the molecule is CCOC(=O)c1nnc(Cl)cc1Cl.CCOC(=O)c1nnc(Cl)cc1Nc1ccc(C)c(C(C)C)n1. The Balaban J connectivity index is 0.000000297. The molecule has 0 saturated carbocycles. The molecule has 192 valence electrons. The van der Waals surface area contributed by atoms with Gasteiger partial charge in [-0.3, -0.25) is 0 Å². The highest BCUT2D eigenvalue weighted by Crippen LogP contribution is 2.24. The second-order valence-electron chi connectivity index (χ2n) is 7.41. The maximum absolute atomic E-state index is 12.0. The first-order valence-corrected chi connectivity index (χ1v) is 12.0. The molecule has 0 saturated heterocycles.